The van der Waals surface area contributed by atoms with Gasteiger partial charge < -0.3 is 0 Å². The molecular formula is C15H14OS. The van der Waals surface area contributed by atoms with E-state index in [1.54, 1.807) is 11.3 Å². The van der Waals surface area contributed by atoms with E-state index in [1.807, 2.05) is 18.4 Å². The minimum atomic E-state index is 0.303. The summed E-state index contributed by atoms with van der Waals surface area (Å²) in [5.74, 6) is 0.747. The fourth-order valence-electron chi connectivity index (χ4n) is 2.52. The Hall–Kier alpha value is -1.41. The predicted molar refractivity (Wildman–Crippen MR) is 70.9 cm³/mol. The van der Waals surface area contributed by atoms with Crippen molar-refractivity contribution in [2.45, 2.75) is 25.7 Å². The van der Waals surface area contributed by atoms with Gasteiger partial charge in [0, 0.05) is 6.42 Å². The SMILES string of the molecule is Cc1ccsc1C(=O)CC1Cc2ccccc21. The van der Waals surface area contributed by atoms with Gasteiger partial charge >= 0.3 is 0 Å². The van der Waals surface area contributed by atoms with Crippen molar-refractivity contribution < 1.29 is 4.79 Å². The van der Waals surface area contributed by atoms with Gasteiger partial charge in [-0.25, -0.2) is 0 Å². The molecule has 86 valence electrons. The molecule has 1 aromatic heterocycles. The number of aryl methyl sites for hydroxylation is 1. The van der Waals surface area contributed by atoms with Crippen LogP contribution in [0.4, 0.5) is 0 Å². The van der Waals surface area contributed by atoms with Gasteiger partial charge in [-0.3, -0.25) is 4.79 Å². The second-order valence-corrected chi connectivity index (χ2v) is 5.58. The highest BCUT2D eigenvalue weighted by Crippen LogP contribution is 2.38. The zero-order valence-electron chi connectivity index (χ0n) is 9.77. The van der Waals surface area contributed by atoms with Crippen LogP contribution in [0, 0.1) is 6.92 Å². The van der Waals surface area contributed by atoms with Crippen molar-refractivity contribution in [3.8, 4) is 0 Å². The van der Waals surface area contributed by atoms with Gasteiger partial charge in [-0.1, -0.05) is 24.3 Å². The summed E-state index contributed by atoms with van der Waals surface area (Å²) in [5, 5.41) is 2.00. The maximum absolute atomic E-state index is 12.2. The van der Waals surface area contributed by atoms with E-state index in [-0.39, 0.29) is 0 Å². The highest BCUT2D eigenvalue weighted by atomic mass is 32.1. The lowest BCUT2D eigenvalue weighted by molar-refractivity contribution is 0.0974. The summed E-state index contributed by atoms with van der Waals surface area (Å²) in [4.78, 5) is 13.1. The fraction of sp³-hybridized carbons (Fsp3) is 0.267. The monoisotopic (exact) mass is 242 g/mol. The van der Waals surface area contributed by atoms with Crippen molar-refractivity contribution >= 4 is 17.1 Å². The van der Waals surface area contributed by atoms with Crippen LogP contribution in [0.25, 0.3) is 0 Å². The van der Waals surface area contributed by atoms with Crippen molar-refractivity contribution in [1.29, 1.82) is 0 Å². The minimum Gasteiger partial charge on any atom is -0.293 e. The Balaban J connectivity index is 1.75. The number of carbonyl (C=O) groups excluding carboxylic acids is 1. The molecule has 1 heterocycles. The molecule has 1 aliphatic rings. The standard InChI is InChI=1S/C15H14OS/c1-10-6-7-17-15(10)14(16)9-12-8-11-4-2-3-5-13(11)12/h2-7,12H,8-9H2,1H3. The van der Waals surface area contributed by atoms with E-state index in [0.717, 1.165) is 16.9 Å². The molecule has 1 atom stereocenters. The van der Waals surface area contributed by atoms with Crippen LogP contribution in [-0.4, -0.2) is 5.78 Å². The van der Waals surface area contributed by atoms with Crippen LogP contribution in [-0.2, 0) is 6.42 Å². The summed E-state index contributed by atoms with van der Waals surface area (Å²) < 4.78 is 0. The molecule has 0 fully saturated rings. The fourth-order valence-corrected chi connectivity index (χ4v) is 3.40. The average Bonchev–Trinajstić information content (AvgIpc) is 2.72. The van der Waals surface area contributed by atoms with Gasteiger partial charge in [-0.05, 0) is 47.4 Å². The number of hydrogen-bond donors (Lipinski definition) is 0. The first kappa shape index (κ1) is 10.7. The molecule has 0 radical (unpaired) electrons. The van der Waals surface area contributed by atoms with Gasteiger partial charge in [0.25, 0.3) is 0 Å². The highest BCUT2D eigenvalue weighted by Gasteiger charge is 2.28. The molecule has 1 nitrogen and oxygen atoms in total. The first-order valence-corrected chi connectivity index (χ1v) is 6.79. The summed E-state index contributed by atoms with van der Waals surface area (Å²) in [6, 6.07) is 10.5. The number of benzene rings is 1. The van der Waals surface area contributed by atoms with E-state index >= 15 is 0 Å². The number of Topliss-reactive ketones (excluding diaryl/α,β-unsaturated/α-hetero) is 1. The lowest BCUT2D eigenvalue weighted by atomic mass is 9.75. The van der Waals surface area contributed by atoms with Gasteiger partial charge in [0.2, 0.25) is 0 Å². The molecule has 2 heteroatoms. The number of carbonyl (C=O) groups is 1. The molecule has 17 heavy (non-hydrogen) atoms. The van der Waals surface area contributed by atoms with Gasteiger partial charge in [0.1, 0.15) is 0 Å². The maximum Gasteiger partial charge on any atom is 0.173 e. The Labute approximate surface area is 105 Å². The molecular weight excluding hydrogens is 228 g/mol. The van der Waals surface area contributed by atoms with E-state index in [4.69, 9.17) is 0 Å². The Morgan fingerprint density at radius 3 is 2.88 bits per heavy atom. The van der Waals surface area contributed by atoms with E-state index in [1.165, 1.54) is 11.1 Å². The normalized spacial score (nSPS) is 17.4. The summed E-state index contributed by atoms with van der Waals surface area (Å²) in [5.41, 5.74) is 3.90. The van der Waals surface area contributed by atoms with Gasteiger partial charge in [0.05, 0.1) is 4.88 Å². The van der Waals surface area contributed by atoms with Crippen molar-refractivity contribution in [1.82, 2.24) is 0 Å². The van der Waals surface area contributed by atoms with Crippen molar-refractivity contribution in [2.24, 2.45) is 0 Å². The molecule has 0 saturated carbocycles. The predicted octanol–water partition coefficient (Wildman–Crippen LogP) is 3.97. The molecule has 3 rings (SSSR count). The first-order valence-electron chi connectivity index (χ1n) is 5.91. The van der Waals surface area contributed by atoms with E-state index in [2.05, 4.69) is 24.3 Å². The molecule has 1 aliphatic carbocycles. The van der Waals surface area contributed by atoms with E-state index < -0.39 is 0 Å². The Kier molecular flexibility index (Phi) is 2.60. The lowest BCUT2D eigenvalue weighted by Crippen LogP contribution is -2.20. The molecule has 1 aromatic carbocycles. The zero-order valence-corrected chi connectivity index (χ0v) is 10.6. The quantitative estimate of drug-likeness (QED) is 0.744. The number of thiophene rings is 1. The summed E-state index contributed by atoms with van der Waals surface area (Å²) >= 11 is 1.57. The Bertz CT molecular complexity index is 568. The Morgan fingerprint density at radius 1 is 1.35 bits per heavy atom. The van der Waals surface area contributed by atoms with Crippen LogP contribution in [0.5, 0.6) is 0 Å². The van der Waals surface area contributed by atoms with Crippen LogP contribution >= 0.6 is 11.3 Å². The van der Waals surface area contributed by atoms with E-state index in [9.17, 15) is 4.79 Å². The Morgan fingerprint density at radius 2 is 2.18 bits per heavy atom. The smallest absolute Gasteiger partial charge is 0.173 e. The van der Waals surface area contributed by atoms with Gasteiger partial charge in [-0.2, -0.15) is 0 Å². The van der Waals surface area contributed by atoms with Crippen LogP contribution in [0.1, 0.15) is 38.7 Å². The summed E-state index contributed by atoms with van der Waals surface area (Å²) in [6.45, 7) is 2.01. The number of fused-ring (bicyclic) bond motifs is 1. The summed E-state index contributed by atoms with van der Waals surface area (Å²) in [7, 11) is 0. The second-order valence-electron chi connectivity index (χ2n) is 4.66. The van der Waals surface area contributed by atoms with Crippen LogP contribution in [0.3, 0.4) is 0 Å². The summed E-state index contributed by atoms with van der Waals surface area (Å²) in [6.07, 6.45) is 1.73. The van der Waals surface area contributed by atoms with Crippen LogP contribution in [0.15, 0.2) is 35.7 Å². The van der Waals surface area contributed by atoms with Crippen LogP contribution < -0.4 is 0 Å². The third kappa shape index (κ3) is 1.83. The number of hydrogen-bond acceptors (Lipinski definition) is 2. The zero-order chi connectivity index (χ0) is 11.8. The molecule has 0 aliphatic heterocycles. The molecule has 0 bridgehead atoms. The maximum atomic E-state index is 12.2. The number of ketones is 1. The molecule has 2 aromatic rings. The number of rotatable bonds is 3. The second kappa shape index (κ2) is 4.11. The van der Waals surface area contributed by atoms with Gasteiger partial charge in [0.15, 0.2) is 5.78 Å². The molecule has 0 spiro atoms. The molecule has 0 saturated heterocycles. The van der Waals surface area contributed by atoms with Crippen molar-refractivity contribution in [2.75, 3.05) is 0 Å². The first-order chi connectivity index (χ1) is 8.25. The van der Waals surface area contributed by atoms with E-state index in [0.29, 0.717) is 18.1 Å². The molecule has 1 unspecified atom stereocenters. The average molecular weight is 242 g/mol. The van der Waals surface area contributed by atoms with Crippen LogP contribution in [0.2, 0.25) is 0 Å². The third-order valence-electron chi connectivity index (χ3n) is 3.51. The van der Waals surface area contributed by atoms with Crippen molar-refractivity contribution in [3.05, 3.63) is 57.3 Å². The highest BCUT2D eigenvalue weighted by molar-refractivity contribution is 7.12. The minimum absolute atomic E-state index is 0.303. The lowest BCUT2D eigenvalue weighted by Gasteiger charge is -2.29. The molecule has 0 amide bonds. The largest absolute Gasteiger partial charge is 0.293 e. The topological polar surface area (TPSA) is 17.1 Å². The molecule has 0 N–H and O–H groups in total. The third-order valence-corrected chi connectivity index (χ3v) is 4.57. The van der Waals surface area contributed by atoms with Gasteiger partial charge in [-0.15, -0.1) is 11.3 Å². The van der Waals surface area contributed by atoms with Crippen molar-refractivity contribution in [3.63, 3.8) is 0 Å².